The van der Waals surface area contributed by atoms with Gasteiger partial charge in [-0.1, -0.05) is 48.5 Å². The van der Waals surface area contributed by atoms with Crippen molar-refractivity contribution >= 4 is 40.9 Å². The van der Waals surface area contributed by atoms with E-state index in [9.17, 15) is 19.2 Å². The monoisotopic (exact) mass is 627 g/mol. The largest absolute Gasteiger partial charge is 0.370 e. The summed E-state index contributed by atoms with van der Waals surface area (Å²) in [5.41, 5.74) is 14.6. The summed E-state index contributed by atoms with van der Waals surface area (Å²) in [5, 5.41) is 19.2. The minimum atomic E-state index is -1.08. The Morgan fingerprint density at radius 3 is 2.33 bits per heavy atom. The van der Waals surface area contributed by atoms with Crippen molar-refractivity contribution in [1.82, 2.24) is 36.2 Å². The second-order valence-corrected chi connectivity index (χ2v) is 10.9. The van der Waals surface area contributed by atoms with Crippen LogP contribution in [0.2, 0.25) is 0 Å². The van der Waals surface area contributed by atoms with E-state index < -0.39 is 41.9 Å². The van der Waals surface area contributed by atoms with Gasteiger partial charge in [0, 0.05) is 49.1 Å². The summed E-state index contributed by atoms with van der Waals surface area (Å²) in [7, 11) is 0. The first-order valence-electron chi connectivity index (χ1n) is 14.9. The van der Waals surface area contributed by atoms with Crippen molar-refractivity contribution in [3.8, 4) is 0 Å². The lowest BCUT2D eigenvalue weighted by Gasteiger charge is -2.25. The number of nitrogens with one attached hydrogen (secondary N) is 7. The van der Waals surface area contributed by atoms with Gasteiger partial charge in [0.15, 0.2) is 5.96 Å². The highest BCUT2D eigenvalue weighted by atomic mass is 16.2. The number of aromatic amines is 2. The Hall–Kier alpha value is -5.50. The van der Waals surface area contributed by atoms with Gasteiger partial charge in [0.2, 0.25) is 24.0 Å². The molecule has 0 aliphatic carbocycles. The zero-order valence-electron chi connectivity index (χ0n) is 25.2. The first-order chi connectivity index (χ1) is 22.2. The molecule has 0 unspecified atom stereocenters. The van der Waals surface area contributed by atoms with Gasteiger partial charge in [-0.25, -0.2) is 4.98 Å². The minimum Gasteiger partial charge on any atom is -0.370 e. The van der Waals surface area contributed by atoms with Crippen molar-refractivity contribution in [1.29, 1.82) is 5.41 Å². The van der Waals surface area contributed by atoms with Crippen molar-refractivity contribution in [2.24, 2.45) is 11.5 Å². The third-order valence-electron chi connectivity index (χ3n) is 7.41. The molecule has 11 N–H and O–H groups in total. The van der Waals surface area contributed by atoms with Gasteiger partial charge >= 0.3 is 0 Å². The van der Waals surface area contributed by atoms with Gasteiger partial charge in [-0.3, -0.25) is 24.6 Å². The molecule has 46 heavy (non-hydrogen) atoms. The van der Waals surface area contributed by atoms with Crippen LogP contribution in [-0.4, -0.2) is 75.6 Å². The fraction of sp³-hybridized carbons (Fsp3) is 0.312. The molecule has 0 aliphatic heterocycles. The number of nitrogens with zero attached hydrogens (tertiary/aromatic N) is 1. The lowest BCUT2D eigenvalue weighted by Crippen LogP contribution is -2.57. The van der Waals surface area contributed by atoms with Gasteiger partial charge in [0.25, 0.3) is 0 Å². The van der Waals surface area contributed by atoms with Gasteiger partial charge in [-0.2, -0.15) is 0 Å². The number of nitrogens with two attached hydrogens (primary N) is 2. The van der Waals surface area contributed by atoms with Gasteiger partial charge in [0.1, 0.15) is 12.1 Å². The number of guanidine groups is 1. The smallest absolute Gasteiger partial charge is 0.243 e. The van der Waals surface area contributed by atoms with Crippen molar-refractivity contribution < 1.29 is 19.2 Å². The number of aromatic nitrogens is 3. The van der Waals surface area contributed by atoms with E-state index in [0.29, 0.717) is 12.1 Å². The van der Waals surface area contributed by atoms with Gasteiger partial charge in [0.05, 0.1) is 24.1 Å². The summed E-state index contributed by atoms with van der Waals surface area (Å²) in [6.45, 7) is 0.278. The average molecular weight is 628 g/mol. The predicted molar refractivity (Wildman–Crippen MR) is 173 cm³/mol. The second kappa shape index (κ2) is 16.5. The molecule has 0 spiro atoms. The van der Waals surface area contributed by atoms with E-state index in [1.165, 1.54) is 6.33 Å². The summed E-state index contributed by atoms with van der Waals surface area (Å²) in [6.07, 6.45) is 7.79. The van der Waals surface area contributed by atoms with E-state index in [-0.39, 0.29) is 38.2 Å². The quantitative estimate of drug-likeness (QED) is 0.0440. The number of carbonyl (C=O) groups excluding carboxylic acids is 4. The van der Waals surface area contributed by atoms with Crippen LogP contribution in [0, 0.1) is 5.41 Å². The van der Waals surface area contributed by atoms with Crippen LogP contribution in [0.1, 0.15) is 29.7 Å². The molecule has 0 fully saturated rings. The topological polar surface area (TPSA) is 237 Å². The number of amides is 3. The Morgan fingerprint density at radius 2 is 1.61 bits per heavy atom. The van der Waals surface area contributed by atoms with Gasteiger partial charge in [-0.05, 0) is 30.0 Å². The number of H-pyrrole nitrogens is 2. The first-order valence-corrected chi connectivity index (χ1v) is 14.9. The predicted octanol–water partition coefficient (Wildman–Crippen LogP) is 0.0736. The van der Waals surface area contributed by atoms with E-state index in [4.69, 9.17) is 16.9 Å². The normalized spacial score (nSPS) is 13.6. The van der Waals surface area contributed by atoms with Crippen molar-refractivity contribution in [3.05, 3.63) is 90.1 Å². The van der Waals surface area contributed by atoms with Gasteiger partial charge in [-0.15, -0.1) is 0 Å². The molecule has 2 heterocycles. The lowest BCUT2D eigenvalue weighted by molar-refractivity contribution is -0.132. The van der Waals surface area contributed by atoms with Crippen LogP contribution in [0.4, 0.5) is 0 Å². The third-order valence-corrected chi connectivity index (χ3v) is 7.41. The van der Waals surface area contributed by atoms with E-state index >= 15 is 0 Å². The van der Waals surface area contributed by atoms with Crippen molar-refractivity contribution in [2.75, 3.05) is 6.54 Å². The van der Waals surface area contributed by atoms with E-state index in [1.807, 2.05) is 60.9 Å². The molecule has 4 rings (SSSR count). The zero-order chi connectivity index (χ0) is 32.9. The van der Waals surface area contributed by atoms with Crippen LogP contribution < -0.4 is 32.7 Å². The molecule has 4 atom stereocenters. The highest BCUT2D eigenvalue weighted by Crippen LogP contribution is 2.19. The molecule has 2 aromatic carbocycles. The van der Waals surface area contributed by atoms with Crippen LogP contribution in [-0.2, 0) is 38.4 Å². The Labute approximate surface area is 266 Å². The molecule has 0 saturated carbocycles. The SMILES string of the molecule is N=C(N)NCCC[C@H](NC(=O)[C@@H](Cc1ccccc1)NC(=O)[C@@H](N)Cc1c[nH]cn1)C(=O)N[C@H]([C]=O)Cc1c[nH]c2ccccc12. The number of rotatable bonds is 17. The van der Waals surface area contributed by atoms with Crippen LogP contribution >= 0.6 is 0 Å². The first kappa shape index (κ1) is 33.4. The highest BCUT2D eigenvalue weighted by Gasteiger charge is 2.29. The van der Waals surface area contributed by atoms with E-state index in [2.05, 4.69) is 36.2 Å². The second-order valence-electron chi connectivity index (χ2n) is 10.9. The van der Waals surface area contributed by atoms with Gasteiger partial charge < -0.3 is 42.7 Å². The average Bonchev–Trinajstić information content (AvgIpc) is 3.72. The number of fused-ring (bicyclic) bond motifs is 1. The van der Waals surface area contributed by atoms with E-state index in [0.717, 1.165) is 22.0 Å². The Balaban J connectivity index is 1.48. The lowest BCUT2D eigenvalue weighted by atomic mass is 10.0. The number of hydrogen-bond acceptors (Lipinski definition) is 7. The molecule has 14 nitrogen and oxygen atoms in total. The zero-order valence-corrected chi connectivity index (χ0v) is 25.2. The molecule has 14 heteroatoms. The Bertz CT molecular complexity index is 1610. The summed E-state index contributed by atoms with van der Waals surface area (Å²) >= 11 is 0. The number of carbonyl (C=O) groups is 3. The summed E-state index contributed by atoms with van der Waals surface area (Å²) in [6, 6.07) is 12.6. The standard InChI is InChI=1S/C32H39N10O4/c33-25(15-22-17-36-19-39-22)29(44)42-28(13-20-7-2-1-3-8-20)31(46)41-27(11-6-12-37-32(34)35)30(45)40-23(18-43)14-21-16-38-26-10-5-4-9-24(21)26/h1-5,7-10,16-17,19,23,25,27-28,38H,6,11-15,33H2,(H,36,39)(H,40,45)(H,41,46)(H,42,44)(H4,34,35,37)/t23-,25-,27-,28+/m0/s1. The fourth-order valence-corrected chi connectivity index (χ4v) is 5.04. The maximum atomic E-state index is 13.7. The third kappa shape index (κ3) is 9.75. The van der Waals surface area contributed by atoms with Crippen LogP contribution in [0.3, 0.4) is 0 Å². The van der Waals surface area contributed by atoms with Crippen LogP contribution in [0.15, 0.2) is 73.3 Å². The molecule has 0 aliphatic rings. The minimum absolute atomic E-state index is 0.138. The number of benzene rings is 2. The molecule has 241 valence electrons. The molecular weight excluding hydrogens is 588 g/mol. The molecule has 4 aromatic rings. The molecule has 2 aromatic heterocycles. The summed E-state index contributed by atoms with van der Waals surface area (Å²) in [5.74, 6) is -1.98. The van der Waals surface area contributed by atoms with E-state index in [1.54, 1.807) is 12.4 Å². The molecular formula is C32H39N10O4. The summed E-state index contributed by atoms with van der Waals surface area (Å²) < 4.78 is 0. The molecule has 0 bridgehead atoms. The number of hydrogen-bond donors (Lipinski definition) is 9. The fourth-order valence-electron chi connectivity index (χ4n) is 5.04. The van der Waals surface area contributed by atoms with Crippen LogP contribution in [0.5, 0.6) is 0 Å². The molecule has 3 amide bonds. The molecule has 0 saturated heterocycles. The number of para-hydroxylation sites is 1. The Kier molecular flexibility index (Phi) is 12.0. The maximum Gasteiger partial charge on any atom is 0.243 e. The maximum absolute atomic E-state index is 13.7. The summed E-state index contributed by atoms with van der Waals surface area (Å²) in [4.78, 5) is 62.3. The molecule has 1 radical (unpaired) electrons. The van der Waals surface area contributed by atoms with Crippen molar-refractivity contribution in [2.45, 2.75) is 56.3 Å². The Morgan fingerprint density at radius 1 is 0.891 bits per heavy atom. The number of imidazole rings is 1. The van der Waals surface area contributed by atoms with Crippen LogP contribution in [0.25, 0.3) is 10.9 Å². The van der Waals surface area contributed by atoms with Crippen molar-refractivity contribution in [3.63, 3.8) is 0 Å². The highest BCUT2D eigenvalue weighted by molar-refractivity contribution is 5.94.